The molecule has 3 fully saturated rings. The van der Waals surface area contributed by atoms with Crippen LogP contribution in [0, 0.1) is 17.7 Å². The van der Waals surface area contributed by atoms with Crippen molar-refractivity contribution in [2.45, 2.75) is 44.3 Å². The van der Waals surface area contributed by atoms with E-state index in [-0.39, 0.29) is 23.6 Å². The van der Waals surface area contributed by atoms with Gasteiger partial charge in [0, 0.05) is 60.4 Å². The first-order valence-corrected chi connectivity index (χ1v) is 16.1. The van der Waals surface area contributed by atoms with Crippen LogP contribution in [0.3, 0.4) is 0 Å². The summed E-state index contributed by atoms with van der Waals surface area (Å²) in [4.78, 5) is 36.9. The predicted molar refractivity (Wildman–Crippen MR) is 178 cm³/mol. The van der Waals surface area contributed by atoms with Crippen LogP contribution in [0.15, 0.2) is 54.6 Å². The summed E-state index contributed by atoms with van der Waals surface area (Å²) in [6.07, 6.45) is 6.81. The first-order valence-electron chi connectivity index (χ1n) is 16.1. The lowest BCUT2D eigenvalue weighted by atomic mass is 10.1. The van der Waals surface area contributed by atoms with Gasteiger partial charge in [0.1, 0.15) is 22.7 Å². The van der Waals surface area contributed by atoms with E-state index in [0.717, 1.165) is 66.4 Å². The van der Waals surface area contributed by atoms with Crippen molar-refractivity contribution in [1.29, 1.82) is 0 Å². The molecule has 2 aromatic carbocycles. The number of hydrogen-bond donors (Lipinski definition) is 2. The molecular weight excluding hydrogens is 597 g/mol. The number of nitrogens with zero attached hydrogens (tertiary/aromatic N) is 5. The lowest BCUT2D eigenvalue weighted by Gasteiger charge is -2.27. The van der Waals surface area contributed by atoms with Crippen LogP contribution in [0.4, 0.5) is 4.39 Å². The smallest absolute Gasteiger partial charge is 0.254 e. The number of methoxy groups -OCH3 is 1. The van der Waals surface area contributed by atoms with Gasteiger partial charge in [-0.3, -0.25) is 9.59 Å². The van der Waals surface area contributed by atoms with Crippen LogP contribution in [-0.2, 0) is 18.4 Å². The molecular formula is C36H36FN7O3. The maximum atomic E-state index is 14.9. The van der Waals surface area contributed by atoms with E-state index >= 15 is 0 Å². The zero-order chi connectivity index (χ0) is 32.6. The Morgan fingerprint density at radius 1 is 1.06 bits per heavy atom. The third-order valence-electron chi connectivity index (χ3n) is 10.1. The van der Waals surface area contributed by atoms with E-state index < -0.39 is 11.7 Å². The number of rotatable bonds is 8. The molecule has 3 atom stereocenters. The first-order chi connectivity index (χ1) is 22.7. The van der Waals surface area contributed by atoms with Gasteiger partial charge < -0.3 is 30.2 Å². The Morgan fingerprint density at radius 2 is 1.89 bits per heavy atom. The molecule has 2 bridgehead atoms. The normalized spacial score (nSPS) is 20.7. The number of aromatic nitrogens is 4. The van der Waals surface area contributed by atoms with Crippen LogP contribution in [0.25, 0.3) is 50.9 Å². The molecule has 8 rings (SSSR count). The lowest BCUT2D eigenvalue weighted by Crippen LogP contribution is -2.41. The number of primary amides is 1. The van der Waals surface area contributed by atoms with Crippen molar-refractivity contribution in [2.75, 3.05) is 13.7 Å². The highest BCUT2D eigenvalue weighted by Gasteiger charge is 2.47. The molecule has 2 unspecified atom stereocenters. The number of pyridine rings is 1. The first kappa shape index (κ1) is 29.4. The van der Waals surface area contributed by atoms with Gasteiger partial charge in [-0.05, 0) is 80.0 Å². The average Bonchev–Trinajstić information content (AvgIpc) is 3.47. The zero-order valence-corrected chi connectivity index (χ0v) is 26.3. The van der Waals surface area contributed by atoms with Gasteiger partial charge in [-0.1, -0.05) is 12.1 Å². The number of hydrogen-bond acceptors (Lipinski definition) is 6. The van der Waals surface area contributed by atoms with Gasteiger partial charge in [-0.15, -0.1) is 0 Å². The van der Waals surface area contributed by atoms with Crippen LogP contribution in [-0.4, -0.2) is 61.6 Å². The molecule has 2 amide bonds. The highest BCUT2D eigenvalue weighted by Crippen LogP contribution is 2.40. The molecule has 4 N–H and O–H groups in total. The topological polar surface area (TPSA) is 134 Å². The SMILES string of the molecule is COc1cc(C(=O)N2CC3CCC2[C@@H]3N)cc2nc(-c3cc4ccc(-c5ccc(/C=C/C(N)=O)c(F)c5)nc4n3CC3CC3)n(C)c12. The monoisotopic (exact) mass is 633 g/mol. The molecule has 11 heteroatoms. The second kappa shape index (κ2) is 11.0. The number of piperidine rings is 1. The summed E-state index contributed by atoms with van der Waals surface area (Å²) in [5.41, 5.74) is 16.8. The third kappa shape index (κ3) is 4.96. The number of aryl methyl sites for hydroxylation is 1. The minimum absolute atomic E-state index is 0.0343. The lowest BCUT2D eigenvalue weighted by molar-refractivity contribution is -0.113. The summed E-state index contributed by atoms with van der Waals surface area (Å²) in [6.45, 7) is 1.47. The molecule has 2 saturated carbocycles. The third-order valence-corrected chi connectivity index (χ3v) is 10.1. The number of benzene rings is 2. The van der Waals surface area contributed by atoms with Gasteiger partial charge >= 0.3 is 0 Å². The number of nitrogens with two attached hydrogens (primary N) is 2. The van der Waals surface area contributed by atoms with E-state index in [1.54, 1.807) is 19.2 Å². The summed E-state index contributed by atoms with van der Waals surface area (Å²) < 4.78 is 25.0. The number of fused-ring (bicyclic) bond motifs is 4. The number of halogens is 1. The zero-order valence-electron chi connectivity index (χ0n) is 26.3. The molecule has 10 nitrogen and oxygen atoms in total. The molecule has 3 aliphatic rings. The highest BCUT2D eigenvalue weighted by atomic mass is 19.1. The van der Waals surface area contributed by atoms with Crippen LogP contribution in [0.5, 0.6) is 5.75 Å². The molecule has 240 valence electrons. The Labute approximate surface area is 270 Å². The fraction of sp³-hybridized carbons (Fsp3) is 0.333. The Hall–Kier alpha value is -5.03. The van der Waals surface area contributed by atoms with E-state index in [1.807, 2.05) is 40.8 Å². The molecule has 2 aliphatic carbocycles. The molecule has 47 heavy (non-hydrogen) atoms. The number of carbonyl (C=O) groups excluding carboxylic acids is 2. The molecule has 0 spiro atoms. The van der Waals surface area contributed by atoms with E-state index in [2.05, 4.69) is 10.6 Å². The van der Waals surface area contributed by atoms with Crippen molar-refractivity contribution >= 4 is 40.0 Å². The second-order valence-corrected chi connectivity index (χ2v) is 13.1. The largest absolute Gasteiger partial charge is 0.494 e. The maximum absolute atomic E-state index is 14.9. The van der Waals surface area contributed by atoms with E-state index in [0.29, 0.717) is 46.5 Å². The Kier molecular flexibility index (Phi) is 6.91. The second-order valence-electron chi connectivity index (χ2n) is 13.1. The summed E-state index contributed by atoms with van der Waals surface area (Å²) in [7, 11) is 3.57. The molecule has 3 aromatic heterocycles. The van der Waals surface area contributed by atoms with Gasteiger partial charge in [-0.25, -0.2) is 14.4 Å². The van der Waals surface area contributed by atoms with Crippen LogP contribution in [0.2, 0.25) is 0 Å². The van der Waals surface area contributed by atoms with Gasteiger partial charge in [0.25, 0.3) is 5.91 Å². The van der Waals surface area contributed by atoms with E-state index in [9.17, 15) is 14.0 Å². The number of amides is 2. The predicted octanol–water partition coefficient (Wildman–Crippen LogP) is 4.87. The average molecular weight is 634 g/mol. The molecule has 0 radical (unpaired) electrons. The van der Waals surface area contributed by atoms with Crippen LogP contribution >= 0.6 is 0 Å². The van der Waals surface area contributed by atoms with Gasteiger partial charge in [0.2, 0.25) is 5.91 Å². The van der Waals surface area contributed by atoms with Crippen LogP contribution in [0.1, 0.15) is 41.6 Å². The number of carbonyl (C=O) groups is 2. The van der Waals surface area contributed by atoms with E-state index in [4.69, 9.17) is 26.2 Å². The van der Waals surface area contributed by atoms with Crippen molar-refractivity contribution in [2.24, 2.45) is 30.4 Å². The maximum Gasteiger partial charge on any atom is 0.254 e. The quantitative estimate of drug-likeness (QED) is 0.234. The van der Waals surface area contributed by atoms with Crippen molar-refractivity contribution in [3.05, 3.63) is 71.6 Å². The Balaban J connectivity index is 1.20. The van der Waals surface area contributed by atoms with Crippen LogP contribution < -0.4 is 16.2 Å². The van der Waals surface area contributed by atoms with Crippen molar-refractivity contribution < 1.29 is 18.7 Å². The van der Waals surface area contributed by atoms with Crippen molar-refractivity contribution in [3.63, 3.8) is 0 Å². The van der Waals surface area contributed by atoms with Gasteiger partial charge in [0.15, 0.2) is 5.82 Å². The standard InChI is InChI=1S/C36H36FN7O3/c1-42-33-27(14-24(16-30(33)47-2)36(46)44-18-23-8-11-28(44)32(23)39)41-35(42)29-15-22-7-10-26(40-34(22)43(29)17-19-3-4-19)21-6-5-20(25(37)13-21)9-12-31(38)45/h5-7,9-10,12-16,19,23,28,32H,3-4,8,11,17-18,39H2,1-2H3,(H2,38,45)/b12-9+/t23?,28?,32-/m1/s1. The minimum Gasteiger partial charge on any atom is -0.494 e. The Morgan fingerprint density at radius 3 is 2.57 bits per heavy atom. The molecule has 1 saturated heterocycles. The number of likely N-dealkylation sites (tertiary alicyclic amines) is 1. The van der Waals surface area contributed by atoms with Crippen molar-refractivity contribution in [3.8, 4) is 28.5 Å². The van der Waals surface area contributed by atoms with E-state index in [1.165, 1.54) is 12.1 Å². The summed E-state index contributed by atoms with van der Waals surface area (Å²) in [5, 5.41) is 0.946. The van der Waals surface area contributed by atoms with Crippen molar-refractivity contribution in [1.82, 2.24) is 24.0 Å². The fourth-order valence-electron chi connectivity index (χ4n) is 7.48. The fourth-order valence-corrected chi connectivity index (χ4v) is 7.48. The molecule has 5 aromatic rings. The highest BCUT2D eigenvalue weighted by molar-refractivity contribution is 6.00. The summed E-state index contributed by atoms with van der Waals surface area (Å²) in [6, 6.07) is 14.6. The minimum atomic E-state index is -0.639. The Bertz CT molecular complexity index is 2130. The summed E-state index contributed by atoms with van der Waals surface area (Å²) >= 11 is 0. The molecule has 4 heterocycles. The summed E-state index contributed by atoms with van der Waals surface area (Å²) in [5.74, 6) is 1.08. The number of ether oxygens (including phenoxy) is 1. The molecule has 1 aliphatic heterocycles. The number of imidazole rings is 1. The van der Waals surface area contributed by atoms with Gasteiger partial charge in [0.05, 0.1) is 24.0 Å². The van der Waals surface area contributed by atoms with Gasteiger partial charge in [-0.2, -0.15) is 0 Å².